The number of cyclic esters (lactones) is 1. The molecule has 0 spiro atoms. The second-order valence-corrected chi connectivity index (χ2v) is 4.80. The van der Waals surface area contributed by atoms with Crippen LogP contribution in [0.1, 0.15) is 20.3 Å². The summed E-state index contributed by atoms with van der Waals surface area (Å²) in [7, 11) is 0. The van der Waals surface area contributed by atoms with Crippen LogP contribution in [-0.2, 0) is 28.6 Å². The standard InChI is InChI=1S/C13H16O6/c1-7(14)17-6-10-3-11-9(5-18-13(11)16)4-12(10)19-8(2)15/h4,9-11H,3,5-6H2,1-2H3/t9-,10-,11-/m0/s1. The Morgan fingerprint density at radius 2 is 2.11 bits per heavy atom. The molecule has 0 aromatic rings. The van der Waals surface area contributed by atoms with Crippen molar-refractivity contribution in [2.75, 3.05) is 13.2 Å². The maximum atomic E-state index is 11.6. The van der Waals surface area contributed by atoms with Crippen LogP contribution in [0.25, 0.3) is 0 Å². The van der Waals surface area contributed by atoms with Gasteiger partial charge in [0.15, 0.2) is 0 Å². The summed E-state index contributed by atoms with van der Waals surface area (Å²) in [5.74, 6) is -1.18. The molecule has 0 bridgehead atoms. The molecule has 2 rings (SSSR count). The molecule has 1 fully saturated rings. The van der Waals surface area contributed by atoms with Gasteiger partial charge in [-0.1, -0.05) is 0 Å². The number of hydrogen-bond acceptors (Lipinski definition) is 6. The molecule has 1 heterocycles. The van der Waals surface area contributed by atoms with Gasteiger partial charge in [0.25, 0.3) is 0 Å². The summed E-state index contributed by atoms with van der Waals surface area (Å²) in [4.78, 5) is 33.5. The first kappa shape index (κ1) is 13.6. The zero-order chi connectivity index (χ0) is 14.0. The van der Waals surface area contributed by atoms with Crippen molar-refractivity contribution < 1.29 is 28.6 Å². The normalized spacial score (nSPS) is 29.1. The fraction of sp³-hybridized carbons (Fsp3) is 0.615. The lowest BCUT2D eigenvalue weighted by Gasteiger charge is -2.27. The van der Waals surface area contributed by atoms with Crippen LogP contribution in [0.5, 0.6) is 0 Å². The first-order valence-corrected chi connectivity index (χ1v) is 6.17. The second-order valence-electron chi connectivity index (χ2n) is 4.80. The lowest BCUT2D eigenvalue weighted by Crippen LogP contribution is -2.29. The zero-order valence-electron chi connectivity index (χ0n) is 10.9. The van der Waals surface area contributed by atoms with E-state index in [0.29, 0.717) is 18.8 Å². The van der Waals surface area contributed by atoms with Crippen molar-refractivity contribution in [2.24, 2.45) is 17.8 Å². The molecule has 1 saturated heterocycles. The number of hydrogen-bond donors (Lipinski definition) is 0. The largest absolute Gasteiger partial charge is 0.465 e. The van der Waals surface area contributed by atoms with Gasteiger partial charge in [0.1, 0.15) is 12.4 Å². The van der Waals surface area contributed by atoms with E-state index in [1.54, 1.807) is 6.08 Å². The SMILES string of the molecule is CC(=O)OC[C@@H]1C[C@@H]2C(=O)OC[C@@H]2C=C1OC(C)=O. The van der Waals surface area contributed by atoms with E-state index in [1.165, 1.54) is 13.8 Å². The Balaban J connectivity index is 2.13. The maximum absolute atomic E-state index is 11.6. The van der Waals surface area contributed by atoms with Crippen LogP contribution in [-0.4, -0.2) is 31.1 Å². The molecule has 104 valence electrons. The van der Waals surface area contributed by atoms with E-state index in [1.807, 2.05) is 0 Å². The average Bonchev–Trinajstić information content (AvgIpc) is 2.67. The molecule has 0 aromatic carbocycles. The molecule has 0 unspecified atom stereocenters. The molecule has 2 aliphatic rings. The van der Waals surface area contributed by atoms with Gasteiger partial charge in [-0.05, 0) is 12.5 Å². The Morgan fingerprint density at radius 1 is 1.37 bits per heavy atom. The fourth-order valence-corrected chi connectivity index (χ4v) is 2.43. The Morgan fingerprint density at radius 3 is 2.74 bits per heavy atom. The Kier molecular flexibility index (Phi) is 3.87. The van der Waals surface area contributed by atoms with E-state index in [-0.39, 0.29) is 30.3 Å². The van der Waals surface area contributed by atoms with Crippen molar-refractivity contribution in [1.82, 2.24) is 0 Å². The lowest BCUT2D eigenvalue weighted by molar-refractivity contribution is -0.144. The summed E-state index contributed by atoms with van der Waals surface area (Å²) in [6.45, 7) is 3.04. The van der Waals surface area contributed by atoms with Crippen molar-refractivity contribution >= 4 is 17.9 Å². The molecule has 3 atom stereocenters. The summed E-state index contributed by atoms with van der Waals surface area (Å²) < 4.78 is 15.1. The zero-order valence-corrected chi connectivity index (χ0v) is 10.9. The van der Waals surface area contributed by atoms with Gasteiger partial charge in [0.2, 0.25) is 0 Å². The molecule has 6 heteroatoms. The minimum absolute atomic E-state index is 0.0598. The van der Waals surface area contributed by atoms with Crippen LogP contribution in [0.2, 0.25) is 0 Å². The monoisotopic (exact) mass is 268 g/mol. The van der Waals surface area contributed by atoms with Gasteiger partial charge < -0.3 is 14.2 Å². The molecular formula is C13H16O6. The number of esters is 3. The predicted molar refractivity (Wildman–Crippen MR) is 62.5 cm³/mol. The van der Waals surface area contributed by atoms with E-state index in [0.717, 1.165) is 0 Å². The Labute approximate surface area is 110 Å². The fourth-order valence-electron chi connectivity index (χ4n) is 2.43. The molecule has 0 aromatic heterocycles. The van der Waals surface area contributed by atoms with E-state index in [2.05, 4.69) is 0 Å². The molecule has 19 heavy (non-hydrogen) atoms. The van der Waals surface area contributed by atoms with E-state index in [9.17, 15) is 14.4 Å². The van der Waals surface area contributed by atoms with Crippen LogP contribution >= 0.6 is 0 Å². The highest BCUT2D eigenvalue weighted by Gasteiger charge is 2.42. The van der Waals surface area contributed by atoms with Gasteiger partial charge in [0.05, 0.1) is 18.4 Å². The predicted octanol–water partition coefficient (Wildman–Crippen LogP) is 0.806. The van der Waals surface area contributed by atoms with Gasteiger partial charge in [-0.15, -0.1) is 0 Å². The van der Waals surface area contributed by atoms with Gasteiger partial charge >= 0.3 is 17.9 Å². The summed E-state index contributed by atoms with van der Waals surface area (Å²) in [6, 6.07) is 0. The minimum Gasteiger partial charge on any atom is -0.465 e. The highest BCUT2D eigenvalue weighted by molar-refractivity contribution is 5.76. The molecule has 1 aliphatic carbocycles. The number of carbonyl (C=O) groups is 3. The highest BCUT2D eigenvalue weighted by atomic mass is 16.6. The van der Waals surface area contributed by atoms with Crippen LogP contribution in [0.4, 0.5) is 0 Å². The summed E-state index contributed by atoms with van der Waals surface area (Å²) >= 11 is 0. The first-order chi connectivity index (χ1) is 8.97. The first-order valence-electron chi connectivity index (χ1n) is 6.17. The summed E-state index contributed by atoms with van der Waals surface area (Å²) in [5.41, 5.74) is 0. The van der Waals surface area contributed by atoms with Crippen LogP contribution in [0, 0.1) is 17.8 Å². The number of rotatable bonds is 3. The summed E-state index contributed by atoms with van der Waals surface area (Å²) in [6.07, 6.45) is 2.21. The van der Waals surface area contributed by atoms with Crippen molar-refractivity contribution in [3.8, 4) is 0 Å². The molecule has 0 saturated carbocycles. The summed E-state index contributed by atoms with van der Waals surface area (Å²) in [5, 5.41) is 0. The van der Waals surface area contributed by atoms with Crippen molar-refractivity contribution in [3.05, 3.63) is 11.8 Å². The van der Waals surface area contributed by atoms with E-state index >= 15 is 0 Å². The molecule has 0 amide bonds. The van der Waals surface area contributed by atoms with E-state index < -0.39 is 11.9 Å². The molecule has 0 N–H and O–H groups in total. The number of ether oxygens (including phenoxy) is 3. The Bertz CT molecular complexity index is 438. The topological polar surface area (TPSA) is 78.9 Å². The molecular weight excluding hydrogens is 252 g/mol. The van der Waals surface area contributed by atoms with Crippen LogP contribution in [0.15, 0.2) is 11.8 Å². The minimum atomic E-state index is -0.428. The van der Waals surface area contributed by atoms with Gasteiger partial charge in [-0.25, -0.2) is 0 Å². The molecule has 6 nitrogen and oxygen atoms in total. The lowest BCUT2D eigenvalue weighted by atomic mass is 9.80. The quantitative estimate of drug-likeness (QED) is 0.556. The Hall–Kier alpha value is -1.85. The van der Waals surface area contributed by atoms with Crippen LogP contribution in [0.3, 0.4) is 0 Å². The smallest absolute Gasteiger partial charge is 0.309 e. The maximum Gasteiger partial charge on any atom is 0.309 e. The average molecular weight is 268 g/mol. The second kappa shape index (κ2) is 5.42. The van der Waals surface area contributed by atoms with Crippen molar-refractivity contribution in [3.63, 3.8) is 0 Å². The number of carbonyl (C=O) groups excluding carboxylic acids is 3. The van der Waals surface area contributed by atoms with E-state index in [4.69, 9.17) is 14.2 Å². The van der Waals surface area contributed by atoms with Gasteiger partial charge in [0, 0.05) is 19.8 Å². The molecule has 1 aliphatic heterocycles. The third-order valence-corrected chi connectivity index (χ3v) is 3.31. The third kappa shape index (κ3) is 3.13. The third-order valence-electron chi connectivity index (χ3n) is 3.31. The molecule has 0 radical (unpaired) electrons. The van der Waals surface area contributed by atoms with Gasteiger partial charge in [-0.2, -0.15) is 0 Å². The van der Waals surface area contributed by atoms with Crippen molar-refractivity contribution in [2.45, 2.75) is 20.3 Å². The van der Waals surface area contributed by atoms with Gasteiger partial charge in [-0.3, -0.25) is 14.4 Å². The van der Waals surface area contributed by atoms with Crippen molar-refractivity contribution in [1.29, 1.82) is 0 Å². The number of fused-ring (bicyclic) bond motifs is 1. The van der Waals surface area contributed by atoms with Crippen LogP contribution < -0.4 is 0 Å². The highest BCUT2D eigenvalue weighted by Crippen LogP contribution is 2.38.